The van der Waals surface area contributed by atoms with Gasteiger partial charge in [0.25, 0.3) is 0 Å². The van der Waals surface area contributed by atoms with E-state index in [1.807, 2.05) is 11.6 Å². The van der Waals surface area contributed by atoms with Crippen LogP contribution >= 0.6 is 11.3 Å². The highest BCUT2D eigenvalue weighted by Crippen LogP contribution is 2.27. The van der Waals surface area contributed by atoms with E-state index < -0.39 is 0 Å². The second-order valence-corrected chi connectivity index (χ2v) is 5.22. The first-order valence-electron chi connectivity index (χ1n) is 5.99. The average molecular weight is 238 g/mol. The Hall–Kier alpha value is -0.900. The second-order valence-electron chi connectivity index (χ2n) is 4.24. The number of rotatable bonds is 6. The highest BCUT2D eigenvalue weighted by Gasteiger charge is 2.31. The molecule has 1 heterocycles. The molecule has 1 aliphatic carbocycles. The Kier molecular flexibility index (Phi) is 3.93. The molecule has 1 aliphatic rings. The van der Waals surface area contributed by atoms with Crippen LogP contribution in [-0.4, -0.2) is 28.4 Å². The molecule has 0 aromatic carbocycles. The van der Waals surface area contributed by atoms with Gasteiger partial charge >= 0.3 is 0 Å². The van der Waals surface area contributed by atoms with Crippen molar-refractivity contribution in [2.45, 2.75) is 45.1 Å². The standard InChI is InChI=1S/C12H18N2OS/c1-2-3-12(15)14(10-4-5-10)8-6-11-13-7-9-16-11/h7,9-10H,2-6,8H2,1H3. The summed E-state index contributed by atoms with van der Waals surface area (Å²) >= 11 is 1.67. The third-order valence-corrected chi connectivity index (χ3v) is 3.66. The van der Waals surface area contributed by atoms with Crippen molar-refractivity contribution >= 4 is 17.2 Å². The number of nitrogens with zero attached hydrogens (tertiary/aromatic N) is 2. The van der Waals surface area contributed by atoms with Crippen LogP contribution in [0.1, 0.15) is 37.6 Å². The van der Waals surface area contributed by atoms with Gasteiger partial charge in [0.1, 0.15) is 0 Å². The molecule has 0 radical (unpaired) electrons. The van der Waals surface area contributed by atoms with E-state index in [1.54, 1.807) is 11.3 Å². The van der Waals surface area contributed by atoms with E-state index >= 15 is 0 Å². The van der Waals surface area contributed by atoms with Crippen molar-refractivity contribution in [3.05, 3.63) is 16.6 Å². The number of aromatic nitrogens is 1. The third kappa shape index (κ3) is 3.04. The largest absolute Gasteiger partial charge is 0.339 e. The lowest BCUT2D eigenvalue weighted by Crippen LogP contribution is -2.34. The Morgan fingerprint density at radius 3 is 3.00 bits per heavy atom. The van der Waals surface area contributed by atoms with Crippen LogP contribution in [0.3, 0.4) is 0 Å². The fraction of sp³-hybridized carbons (Fsp3) is 0.667. The number of hydrogen-bond donors (Lipinski definition) is 0. The van der Waals surface area contributed by atoms with E-state index in [1.165, 1.54) is 12.8 Å². The first kappa shape index (κ1) is 11.6. The molecule has 1 aromatic rings. The maximum atomic E-state index is 11.9. The molecule has 3 nitrogen and oxygen atoms in total. The summed E-state index contributed by atoms with van der Waals surface area (Å²) in [6.07, 6.45) is 6.74. The molecule has 0 bridgehead atoms. The minimum Gasteiger partial charge on any atom is -0.339 e. The molecule has 0 atom stereocenters. The van der Waals surface area contributed by atoms with Gasteiger partial charge in [-0.15, -0.1) is 11.3 Å². The Morgan fingerprint density at radius 1 is 1.62 bits per heavy atom. The highest BCUT2D eigenvalue weighted by atomic mass is 32.1. The fourth-order valence-corrected chi connectivity index (χ4v) is 2.46. The van der Waals surface area contributed by atoms with Gasteiger partial charge in [-0.25, -0.2) is 4.98 Å². The molecule has 1 aromatic heterocycles. The van der Waals surface area contributed by atoms with Gasteiger partial charge in [-0.3, -0.25) is 4.79 Å². The van der Waals surface area contributed by atoms with Crippen LogP contribution in [0.4, 0.5) is 0 Å². The van der Waals surface area contributed by atoms with Gasteiger partial charge in [0.15, 0.2) is 0 Å². The van der Waals surface area contributed by atoms with E-state index in [9.17, 15) is 4.79 Å². The average Bonchev–Trinajstić information content (AvgIpc) is 2.95. The Morgan fingerprint density at radius 2 is 2.44 bits per heavy atom. The van der Waals surface area contributed by atoms with Gasteiger partial charge < -0.3 is 4.90 Å². The zero-order chi connectivity index (χ0) is 11.4. The lowest BCUT2D eigenvalue weighted by Gasteiger charge is -2.21. The third-order valence-electron chi connectivity index (χ3n) is 2.82. The van der Waals surface area contributed by atoms with E-state index in [4.69, 9.17) is 0 Å². The summed E-state index contributed by atoms with van der Waals surface area (Å²) < 4.78 is 0. The van der Waals surface area contributed by atoms with Gasteiger partial charge in [-0.1, -0.05) is 6.92 Å². The SMILES string of the molecule is CCCC(=O)N(CCc1nccs1)C1CC1. The van der Waals surface area contributed by atoms with Crippen LogP contribution in [-0.2, 0) is 11.2 Å². The summed E-state index contributed by atoms with van der Waals surface area (Å²) in [5.41, 5.74) is 0. The Bertz CT molecular complexity index is 333. The molecule has 16 heavy (non-hydrogen) atoms. The predicted molar refractivity (Wildman–Crippen MR) is 65.5 cm³/mol. The van der Waals surface area contributed by atoms with Crippen LogP contribution < -0.4 is 0 Å². The monoisotopic (exact) mass is 238 g/mol. The van der Waals surface area contributed by atoms with Crippen LogP contribution in [0.5, 0.6) is 0 Å². The van der Waals surface area contributed by atoms with Crippen molar-refractivity contribution in [3.63, 3.8) is 0 Å². The van der Waals surface area contributed by atoms with Crippen molar-refractivity contribution in [2.24, 2.45) is 0 Å². The first-order chi connectivity index (χ1) is 7.81. The molecule has 0 aliphatic heterocycles. The summed E-state index contributed by atoms with van der Waals surface area (Å²) in [4.78, 5) is 18.2. The molecule has 2 rings (SSSR count). The molecule has 4 heteroatoms. The molecule has 0 saturated heterocycles. The van der Waals surface area contributed by atoms with Crippen LogP contribution in [0.15, 0.2) is 11.6 Å². The molecular formula is C12H18N2OS. The van der Waals surface area contributed by atoms with Crippen molar-refractivity contribution in [3.8, 4) is 0 Å². The number of hydrogen-bond acceptors (Lipinski definition) is 3. The summed E-state index contributed by atoms with van der Waals surface area (Å²) in [7, 11) is 0. The molecule has 1 fully saturated rings. The Balaban J connectivity index is 1.85. The zero-order valence-corrected chi connectivity index (χ0v) is 10.5. The van der Waals surface area contributed by atoms with Gasteiger partial charge in [0.2, 0.25) is 5.91 Å². The van der Waals surface area contributed by atoms with Gasteiger partial charge in [0, 0.05) is 37.0 Å². The maximum Gasteiger partial charge on any atom is 0.222 e. The molecule has 0 spiro atoms. The zero-order valence-electron chi connectivity index (χ0n) is 9.69. The topological polar surface area (TPSA) is 33.2 Å². The summed E-state index contributed by atoms with van der Waals surface area (Å²) in [6, 6.07) is 0.527. The van der Waals surface area contributed by atoms with Crippen molar-refractivity contribution in [1.82, 2.24) is 9.88 Å². The Labute approximate surface area is 100 Å². The van der Waals surface area contributed by atoms with Crippen molar-refractivity contribution in [2.75, 3.05) is 6.54 Å². The van der Waals surface area contributed by atoms with E-state index in [0.29, 0.717) is 18.4 Å². The van der Waals surface area contributed by atoms with Gasteiger partial charge in [-0.05, 0) is 19.3 Å². The molecule has 1 saturated carbocycles. The lowest BCUT2D eigenvalue weighted by molar-refractivity contribution is -0.131. The smallest absolute Gasteiger partial charge is 0.222 e. The number of thiazole rings is 1. The van der Waals surface area contributed by atoms with Gasteiger partial charge in [-0.2, -0.15) is 0 Å². The van der Waals surface area contributed by atoms with Gasteiger partial charge in [0.05, 0.1) is 5.01 Å². The fourth-order valence-electron chi connectivity index (χ4n) is 1.85. The van der Waals surface area contributed by atoms with Crippen molar-refractivity contribution < 1.29 is 4.79 Å². The molecule has 88 valence electrons. The lowest BCUT2D eigenvalue weighted by atomic mass is 10.2. The minimum absolute atomic E-state index is 0.321. The van der Waals surface area contributed by atoms with E-state index in [-0.39, 0.29) is 0 Å². The molecule has 0 N–H and O–H groups in total. The van der Waals surface area contributed by atoms with Crippen LogP contribution in [0, 0.1) is 0 Å². The van der Waals surface area contributed by atoms with E-state index in [2.05, 4.69) is 16.8 Å². The van der Waals surface area contributed by atoms with Crippen LogP contribution in [0.2, 0.25) is 0 Å². The normalized spacial score (nSPS) is 15.1. The number of carbonyl (C=O) groups is 1. The highest BCUT2D eigenvalue weighted by molar-refractivity contribution is 7.09. The summed E-state index contributed by atoms with van der Waals surface area (Å²) in [5, 5.41) is 3.12. The quantitative estimate of drug-likeness (QED) is 0.763. The molecular weight excluding hydrogens is 220 g/mol. The van der Waals surface area contributed by atoms with Crippen LogP contribution in [0.25, 0.3) is 0 Å². The minimum atomic E-state index is 0.321. The molecule has 0 unspecified atom stereocenters. The first-order valence-corrected chi connectivity index (χ1v) is 6.87. The summed E-state index contributed by atoms with van der Waals surface area (Å²) in [6.45, 7) is 2.90. The van der Waals surface area contributed by atoms with Crippen molar-refractivity contribution in [1.29, 1.82) is 0 Å². The number of amides is 1. The summed E-state index contributed by atoms with van der Waals surface area (Å²) in [5.74, 6) is 0.321. The molecule has 1 amide bonds. The second kappa shape index (κ2) is 5.43. The number of carbonyl (C=O) groups excluding carboxylic acids is 1. The maximum absolute atomic E-state index is 11.9. The predicted octanol–water partition coefficient (Wildman–Crippen LogP) is 2.48. The van der Waals surface area contributed by atoms with E-state index in [0.717, 1.165) is 24.4 Å².